The Hall–Kier alpha value is -1.99. The highest BCUT2D eigenvalue weighted by molar-refractivity contribution is 7.13. The number of hydrogen-bond acceptors (Lipinski definition) is 6. The number of carbonyl (C=O) groups excluding carboxylic acids is 1. The van der Waals surface area contributed by atoms with Gasteiger partial charge in [0.1, 0.15) is 5.69 Å². The van der Waals surface area contributed by atoms with Crippen LogP contribution in [0, 0.1) is 5.92 Å². The van der Waals surface area contributed by atoms with Gasteiger partial charge in [-0.15, -0.1) is 11.3 Å². The first-order valence-electron chi connectivity index (χ1n) is 8.78. The molecule has 0 unspecified atom stereocenters. The molecule has 132 valence electrons. The predicted molar refractivity (Wildman–Crippen MR) is 98.7 cm³/mol. The van der Waals surface area contributed by atoms with Gasteiger partial charge in [-0.1, -0.05) is 6.07 Å². The summed E-state index contributed by atoms with van der Waals surface area (Å²) in [5.41, 5.74) is 1.81. The lowest BCUT2D eigenvalue weighted by atomic mass is 9.95. The van der Waals surface area contributed by atoms with Gasteiger partial charge in [0.15, 0.2) is 5.13 Å². The first-order chi connectivity index (χ1) is 12.2. The van der Waals surface area contributed by atoms with Crippen LogP contribution < -0.4 is 5.32 Å². The van der Waals surface area contributed by atoms with Crippen molar-refractivity contribution in [2.45, 2.75) is 25.4 Å². The lowest BCUT2D eigenvalue weighted by Gasteiger charge is -2.35. The fraction of sp³-hybridized carbons (Fsp3) is 0.500. The SMILES string of the molecule is CNc1nc(C(=O)N2C[C@H]3CC[C@@H]2CN(Cc2cccnc2)C3)cs1. The summed E-state index contributed by atoms with van der Waals surface area (Å²) in [6, 6.07) is 4.39. The van der Waals surface area contributed by atoms with Crippen LogP contribution in [0.3, 0.4) is 0 Å². The van der Waals surface area contributed by atoms with Gasteiger partial charge in [0.25, 0.3) is 5.91 Å². The number of anilines is 1. The minimum Gasteiger partial charge on any atom is -0.365 e. The number of nitrogens with zero attached hydrogens (tertiary/aromatic N) is 4. The fourth-order valence-electron chi connectivity index (χ4n) is 3.94. The van der Waals surface area contributed by atoms with Crippen LogP contribution in [0.4, 0.5) is 5.13 Å². The molecule has 3 saturated heterocycles. The molecule has 0 aromatic carbocycles. The predicted octanol–water partition coefficient (Wildman–Crippen LogP) is 2.32. The number of amides is 1. The summed E-state index contributed by atoms with van der Waals surface area (Å²) in [7, 11) is 1.83. The minimum atomic E-state index is 0.0793. The molecule has 0 spiro atoms. The molecule has 1 amide bonds. The third kappa shape index (κ3) is 3.52. The van der Waals surface area contributed by atoms with Gasteiger partial charge in [0, 0.05) is 57.0 Å². The van der Waals surface area contributed by atoms with Gasteiger partial charge in [-0.05, 0) is 30.4 Å². The molecule has 3 aliphatic heterocycles. The quantitative estimate of drug-likeness (QED) is 0.910. The van der Waals surface area contributed by atoms with E-state index in [0.29, 0.717) is 11.6 Å². The summed E-state index contributed by atoms with van der Waals surface area (Å²) in [5.74, 6) is 0.623. The Kier molecular flexibility index (Phi) is 4.67. The molecular formula is C18H23N5OS. The van der Waals surface area contributed by atoms with Crippen molar-refractivity contribution in [3.8, 4) is 0 Å². The van der Waals surface area contributed by atoms with E-state index in [1.807, 2.05) is 30.9 Å². The van der Waals surface area contributed by atoms with Crippen LogP contribution in [0.2, 0.25) is 0 Å². The largest absolute Gasteiger partial charge is 0.365 e. The standard InChI is InChI=1S/C18H23N5OS/c1-19-18-21-16(12-25-18)17(24)23-10-14-4-5-15(23)11-22(9-14)8-13-3-2-6-20-7-13/h2-3,6-7,12,14-15H,4-5,8-11H2,1H3,(H,19,21)/t14-,15+/m0/s1. The van der Waals surface area contributed by atoms with Crippen molar-refractivity contribution < 1.29 is 4.79 Å². The summed E-state index contributed by atoms with van der Waals surface area (Å²) in [4.78, 5) is 26.1. The summed E-state index contributed by atoms with van der Waals surface area (Å²) in [6.07, 6.45) is 6.04. The second-order valence-corrected chi connectivity index (χ2v) is 7.76. The van der Waals surface area contributed by atoms with Crippen molar-refractivity contribution in [2.75, 3.05) is 32.0 Å². The number of nitrogens with one attached hydrogen (secondary N) is 1. The first-order valence-corrected chi connectivity index (χ1v) is 9.66. The van der Waals surface area contributed by atoms with E-state index in [-0.39, 0.29) is 11.9 Å². The molecule has 0 saturated carbocycles. The number of carbonyl (C=O) groups is 1. The molecule has 0 radical (unpaired) electrons. The van der Waals surface area contributed by atoms with E-state index in [4.69, 9.17) is 0 Å². The number of rotatable bonds is 4. The van der Waals surface area contributed by atoms with Crippen molar-refractivity contribution in [3.05, 3.63) is 41.2 Å². The Labute approximate surface area is 151 Å². The zero-order valence-corrected chi connectivity index (χ0v) is 15.2. The summed E-state index contributed by atoms with van der Waals surface area (Å²) >= 11 is 1.48. The van der Waals surface area contributed by atoms with Gasteiger partial charge >= 0.3 is 0 Å². The number of hydrogen-bond donors (Lipinski definition) is 1. The highest BCUT2D eigenvalue weighted by atomic mass is 32.1. The highest BCUT2D eigenvalue weighted by Crippen LogP contribution is 2.30. The molecule has 2 bridgehead atoms. The fourth-order valence-corrected chi connectivity index (χ4v) is 4.59. The van der Waals surface area contributed by atoms with Crippen molar-refractivity contribution in [2.24, 2.45) is 5.92 Å². The first kappa shape index (κ1) is 16.5. The Morgan fingerprint density at radius 3 is 3.04 bits per heavy atom. The molecule has 5 rings (SSSR count). The molecule has 0 aliphatic carbocycles. The molecule has 7 heteroatoms. The van der Waals surface area contributed by atoms with E-state index in [0.717, 1.165) is 37.7 Å². The van der Waals surface area contributed by atoms with E-state index >= 15 is 0 Å². The minimum absolute atomic E-state index is 0.0793. The van der Waals surface area contributed by atoms with Crippen LogP contribution in [-0.2, 0) is 6.54 Å². The smallest absolute Gasteiger partial charge is 0.273 e. The zero-order chi connectivity index (χ0) is 17.2. The van der Waals surface area contributed by atoms with Gasteiger partial charge in [-0.3, -0.25) is 14.7 Å². The monoisotopic (exact) mass is 357 g/mol. The van der Waals surface area contributed by atoms with Gasteiger partial charge in [0.05, 0.1) is 0 Å². The average molecular weight is 357 g/mol. The molecule has 25 heavy (non-hydrogen) atoms. The lowest BCUT2D eigenvalue weighted by Crippen LogP contribution is -2.47. The number of aromatic nitrogens is 2. The van der Waals surface area contributed by atoms with Crippen LogP contribution in [0.1, 0.15) is 28.9 Å². The third-order valence-corrected chi connectivity index (χ3v) is 5.98. The van der Waals surface area contributed by atoms with Crippen LogP contribution in [-0.4, -0.2) is 58.4 Å². The second-order valence-electron chi connectivity index (χ2n) is 6.90. The number of fused-ring (bicyclic) bond motifs is 4. The van der Waals surface area contributed by atoms with Crippen molar-refractivity contribution in [3.63, 3.8) is 0 Å². The second kappa shape index (κ2) is 7.09. The van der Waals surface area contributed by atoms with E-state index in [9.17, 15) is 4.79 Å². The molecule has 2 aromatic rings. The van der Waals surface area contributed by atoms with Crippen molar-refractivity contribution in [1.82, 2.24) is 19.8 Å². The zero-order valence-electron chi connectivity index (χ0n) is 14.4. The number of pyridine rings is 1. The van der Waals surface area contributed by atoms with Crippen molar-refractivity contribution in [1.29, 1.82) is 0 Å². The van der Waals surface area contributed by atoms with Gasteiger partial charge < -0.3 is 10.2 Å². The van der Waals surface area contributed by atoms with E-state index in [1.54, 1.807) is 0 Å². The Morgan fingerprint density at radius 1 is 1.36 bits per heavy atom. The lowest BCUT2D eigenvalue weighted by molar-refractivity contribution is 0.0580. The molecule has 3 fully saturated rings. The van der Waals surface area contributed by atoms with E-state index < -0.39 is 0 Å². The highest BCUT2D eigenvalue weighted by Gasteiger charge is 2.38. The molecule has 3 aliphatic rings. The van der Waals surface area contributed by atoms with Crippen LogP contribution in [0.5, 0.6) is 0 Å². The number of thiazole rings is 1. The Bertz CT molecular complexity index is 734. The molecular weight excluding hydrogens is 334 g/mol. The maximum absolute atomic E-state index is 13.0. The Balaban J connectivity index is 1.48. The maximum atomic E-state index is 13.0. The third-order valence-electron chi connectivity index (χ3n) is 5.12. The number of piperidine rings is 1. The average Bonchev–Trinajstić information content (AvgIpc) is 2.96. The maximum Gasteiger partial charge on any atom is 0.273 e. The molecule has 2 aromatic heterocycles. The van der Waals surface area contributed by atoms with Gasteiger partial charge in [-0.25, -0.2) is 4.98 Å². The van der Waals surface area contributed by atoms with Gasteiger partial charge in [0.2, 0.25) is 0 Å². The molecule has 5 heterocycles. The normalized spacial score (nSPS) is 23.5. The van der Waals surface area contributed by atoms with Crippen molar-refractivity contribution >= 4 is 22.4 Å². The van der Waals surface area contributed by atoms with E-state index in [1.165, 1.54) is 23.3 Å². The molecule has 1 N–H and O–H groups in total. The van der Waals surface area contributed by atoms with Crippen LogP contribution in [0.25, 0.3) is 0 Å². The summed E-state index contributed by atoms with van der Waals surface area (Å²) in [6.45, 7) is 3.73. The summed E-state index contributed by atoms with van der Waals surface area (Å²) < 4.78 is 0. The van der Waals surface area contributed by atoms with Crippen LogP contribution in [0.15, 0.2) is 29.9 Å². The molecule has 6 nitrogen and oxygen atoms in total. The van der Waals surface area contributed by atoms with Crippen LogP contribution >= 0.6 is 11.3 Å². The Morgan fingerprint density at radius 2 is 2.28 bits per heavy atom. The summed E-state index contributed by atoms with van der Waals surface area (Å²) in [5, 5.41) is 5.66. The van der Waals surface area contributed by atoms with E-state index in [2.05, 4.69) is 31.2 Å². The topological polar surface area (TPSA) is 61.4 Å². The molecule has 2 atom stereocenters. The van der Waals surface area contributed by atoms with Gasteiger partial charge in [-0.2, -0.15) is 0 Å².